The van der Waals surface area contributed by atoms with E-state index in [4.69, 9.17) is 16.3 Å². The van der Waals surface area contributed by atoms with E-state index >= 15 is 0 Å². The van der Waals surface area contributed by atoms with Crippen LogP contribution in [0.2, 0.25) is 5.02 Å². The number of benzene rings is 1. The number of alkyl halides is 1. The average molecular weight is 435 g/mol. The Morgan fingerprint density at radius 3 is 2.34 bits per heavy atom. The number of ether oxygens (including phenoxy) is 1. The molecule has 0 fully saturated rings. The maximum atomic E-state index is 12.0. The number of halogens is 2. The fraction of sp³-hybridized carbons (Fsp3) is 0.304. The number of allylic oxidation sites excluding steroid dienone is 4. The molecule has 0 spiro atoms. The lowest BCUT2D eigenvalue weighted by Crippen LogP contribution is -2.04. The first-order chi connectivity index (χ1) is 14.1. The first-order valence-electron chi connectivity index (χ1n) is 9.15. The molecule has 0 unspecified atom stereocenters. The number of carbonyl (C=O) groups is 1. The van der Waals surface area contributed by atoms with Gasteiger partial charge < -0.3 is 9.30 Å². The van der Waals surface area contributed by atoms with Gasteiger partial charge in [-0.25, -0.2) is 9.78 Å². The number of hydrogen-bond acceptors (Lipinski definition) is 3. The summed E-state index contributed by atoms with van der Waals surface area (Å²) in [6.07, 6.45) is 17.4. The van der Waals surface area contributed by atoms with Gasteiger partial charge in [-0.05, 0) is 44.5 Å². The minimum absolute atomic E-state index is 0.305. The quantitative estimate of drug-likeness (QED) is 0.223. The normalized spacial score (nSPS) is 9.97. The van der Waals surface area contributed by atoms with E-state index in [1.54, 1.807) is 20.0 Å². The van der Waals surface area contributed by atoms with Gasteiger partial charge >= 0.3 is 5.97 Å². The Kier molecular flexibility index (Phi) is 15.1. The molecular formula is C23H28Cl2N2O2. The predicted octanol–water partition coefficient (Wildman–Crippen LogP) is 6.26. The van der Waals surface area contributed by atoms with Gasteiger partial charge in [0.1, 0.15) is 5.82 Å². The summed E-state index contributed by atoms with van der Waals surface area (Å²) in [5.41, 5.74) is 1.20. The summed E-state index contributed by atoms with van der Waals surface area (Å²) < 4.78 is 6.93. The van der Waals surface area contributed by atoms with Crippen LogP contribution in [0, 0.1) is 12.3 Å². The smallest absolute Gasteiger partial charge is 0.358 e. The minimum Gasteiger partial charge on any atom is -0.461 e. The first-order valence-corrected chi connectivity index (χ1v) is 10.3. The molecule has 0 N–H and O–H groups in total. The van der Waals surface area contributed by atoms with Crippen molar-refractivity contribution in [1.29, 1.82) is 0 Å². The molecule has 0 atom stereocenters. The van der Waals surface area contributed by atoms with Gasteiger partial charge in [0, 0.05) is 29.7 Å². The molecule has 0 aliphatic rings. The van der Waals surface area contributed by atoms with Crippen LogP contribution in [0.15, 0.2) is 54.8 Å². The molecule has 1 aromatic heterocycles. The highest BCUT2D eigenvalue weighted by atomic mass is 35.5. The van der Waals surface area contributed by atoms with Crippen molar-refractivity contribution in [2.45, 2.75) is 33.6 Å². The largest absolute Gasteiger partial charge is 0.461 e. The SMILES string of the molecule is C#CC.CC/C=C\C=C/Cc1nc(C(=O)OCC)cn1-c1ccc(Cl)cc1.CCl. The Labute approximate surface area is 184 Å². The molecule has 0 amide bonds. The molecule has 0 radical (unpaired) electrons. The van der Waals surface area contributed by atoms with Gasteiger partial charge in [-0.3, -0.25) is 0 Å². The van der Waals surface area contributed by atoms with Crippen molar-refractivity contribution >= 4 is 29.2 Å². The van der Waals surface area contributed by atoms with Crippen LogP contribution in [0.3, 0.4) is 0 Å². The van der Waals surface area contributed by atoms with Crippen molar-refractivity contribution < 1.29 is 9.53 Å². The molecule has 0 saturated heterocycles. The summed E-state index contributed by atoms with van der Waals surface area (Å²) in [5, 5.41) is 0.663. The van der Waals surface area contributed by atoms with Gasteiger partial charge in [-0.15, -0.1) is 23.9 Å². The van der Waals surface area contributed by atoms with Crippen LogP contribution in [0.1, 0.15) is 43.5 Å². The standard InChI is InChI=1S/C19H21ClN2O2.C3H4.CH3Cl/c1-3-5-6-7-8-9-18-21-17(19(23)24-4-2)14-22(18)16-12-10-15(20)11-13-16;1-3-2;1-2/h5-8,10-14H,3-4,9H2,1-2H3;1H,2H3;1H3/b6-5-,8-7-;;. The number of terminal acetylenes is 1. The average Bonchev–Trinajstić information content (AvgIpc) is 3.15. The fourth-order valence-electron chi connectivity index (χ4n) is 2.16. The van der Waals surface area contributed by atoms with Crippen LogP contribution < -0.4 is 0 Å². The Bertz CT molecular complexity index is 816. The van der Waals surface area contributed by atoms with Crippen molar-refractivity contribution in [2.75, 3.05) is 13.0 Å². The molecule has 0 bridgehead atoms. The van der Waals surface area contributed by atoms with Crippen LogP contribution in [-0.2, 0) is 11.2 Å². The molecule has 0 aliphatic carbocycles. The van der Waals surface area contributed by atoms with Gasteiger partial charge in [0.25, 0.3) is 0 Å². The number of esters is 1. The zero-order valence-corrected chi connectivity index (χ0v) is 18.9. The highest BCUT2D eigenvalue weighted by Gasteiger charge is 2.15. The van der Waals surface area contributed by atoms with Crippen molar-refractivity contribution in [2.24, 2.45) is 0 Å². The molecule has 0 saturated carbocycles. The van der Waals surface area contributed by atoms with Crippen molar-refractivity contribution in [3.8, 4) is 18.0 Å². The third-order valence-corrected chi connectivity index (χ3v) is 3.54. The first kappa shape index (κ1) is 26.5. The summed E-state index contributed by atoms with van der Waals surface area (Å²) in [6, 6.07) is 7.40. The van der Waals surface area contributed by atoms with E-state index < -0.39 is 5.97 Å². The number of imidazole rings is 1. The summed E-state index contributed by atoms with van der Waals surface area (Å²) in [7, 11) is 0. The second-order valence-corrected chi connectivity index (χ2v) is 5.80. The number of hydrogen-bond donors (Lipinski definition) is 0. The third-order valence-electron chi connectivity index (χ3n) is 3.29. The lowest BCUT2D eigenvalue weighted by Gasteiger charge is -2.06. The third kappa shape index (κ3) is 10.0. The van der Waals surface area contributed by atoms with Crippen LogP contribution in [0.25, 0.3) is 5.69 Å². The van der Waals surface area contributed by atoms with Gasteiger partial charge in [-0.2, -0.15) is 0 Å². The van der Waals surface area contributed by atoms with E-state index in [9.17, 15) is 4.79 Å². The van der Waals surface area contributed by atoms with E-state index in [0.29, 0.717) is 23.7 Å². The van der Waals surface area contributed by atoms with E-state index in [2.05, 4.69) is 41.9 Å². The summed E-state index contributed by atoms with van der Waals surface area (Å²) in [6.45, 7) is 5.84. The monoisotopic (exact) mass is 434 g/mol. The van der Waals surface area contributed by atoms with Crippen LogP contribution >= 0.6 is 23.2 Å². The molecule has 2 rings (SSSR count). The predicted molar refractivity (Wildman–Crippen MR) is 123 cm³/mol. The maximum absolute atomic E-state index is 12.0. The zero-order valence-electron chi connectivity index (χ0n) is 17.4. The van der Waals surface area contributed by atoms with Crippen molar-refractivity contribution in [1.82, 2.24) is 9.55 Å². The lowest BCUT2D eigenvalue weighted by molar-refractivity contribution is 0.0520. The zero-order chi connectivity index (χ0) is 22.1. The number of nitrogens with zero attached hydrogens (tertiary/aromatic N) is 2. The van der Waals surface area contributed by atoms with E-state index in [1.165, 1.54) is 6.38 Å². The number of aromatic nitrogens is 2. The minimum atomic E-state index is -0.415. The van der Waals surface area contributed by atoms with E-state index in [0.717, 1.165) is 17.9 Å². The van der Waals surface area contributed by atoms with Crippen molar-refractivity contribution in [3.63, 3.8) is 0 Å². The lowest BCUT2D eigenvalue weighted by atomic mass is 10.3. The van der Waals surface area contributed by atoms with Crippen LogP contribution in [-0.4, -0.2) is 28.5 Å². The molecule has 29 heavy (non-hydrogen) atoms. The van der Waals surface area contributed by atoms with E-state index in [1.807, 2.05) is 47.1 Å². The Morgan fingerprint density at radius 1 is 1.21 bits per heavy atom. The second kappa shape index (κ2) is 16.5. The van der Waals surface area contributed by atoms with E-state index in [-0.39, 0.29) is 0 Å². The molecule has 6 heteroatoms. The van der Waals surface area contributed by atoms with Crippen LogP contribution in [0.5, 0.6) is 0 Å². The summed E-state index contributed by atoms with van der Waals surface area (Å²) in [4.78, 5) is 16.4. The number of carbonyl (C=O) groups excluding carboxylic acids is 1. The Balaban J connectivity index is 0.00000143. The number of rotatable bonds is 7. The fourth-order valence-corrected chi connectivity index (χ4v) is 2.28. The van der Waals surface area contributed by atoms with Crippen LogP contribution in [0.4, 0.5) is 0 Å². The second-order valence-electron chi connectivity index (χ2n) is 5.37. The molecule has 1 heterocycles. The highest BCUT2D eigenvalue weighted by Crippen LogP contribution is 2.17. The Morgan fingerprint density at radius 2 is 1.79 bits per heavy atom. The molecule has 0 aliphatic heterocycles. The Hall–Kier alpha value is -2.48. The molecule has 2 aromatic rings. The topological polar surface area (TPSA) is 44.1 Å². The van der Waals surface area contributed by atoms with Gasteiger partial charge in [0.05, 0.1) is 6.61 Å². The van der Waals surface area contributed by atoms with Crippen molar-refractivity contribution in [3.05, 3.63) is 71.3 Å². The van der Waals surface area contributed by atoms with Gasteiger partial charge in [-0.1, -0.05) is 42.8 Å². The summed E-state index contributed by atoms with van der Waals surface area (Å²) in [5.74, 6) is 2.60. The molecule has 4 nitrogen and oxygen atoms in total. The maximum Gasteiger partial charge on any atom is 0.358 e. The molecular weight excluding hydrogens is 407 g/mol. The molecule has 156 valence electrons. The summed E-state index contributed by atoms with van der Waals surface area (Å²) >= 11 is 10.6. The van der Waals surface area contributed by atoms with Gasteiger partial charge in [0.15, 0.2) is 5.69 Å². The molecule has 1 aromatic carbocycles. The van der Waals surface area contributed by atoms with Gasteiger partial charge in [0.2, 0.25) is 0 Å². The highest BCUT2D eigenvalue weighted by molar-refractivity contribution is 6.30.